The van der Waals surface area contributed by atoms with Gasteiger partial charge in [0, 0.05) is 11.6 Å². The Morgan fingerprint density at radius 2 is 2.06 bits per heavy atom. The van der Waals surface area contributed by atoms with Crippen LogP contribution in [-0.2, 0) is 0 Å². The van der Waals surface area contributed by atoms with E-state index in [1.807, 2.05) is 19.9 Å². The molecule has 0 aromatic carbocycles. The summed E-state index contributed by atoms with van der Waals surface area (Å²) in [6.45, 7) is 10.5. The fourth-order valence-electron chi connectivity index (χ4n) is 1.75. The Balaban J connectivity index is 2.71. The lowest BCUT2D eigenvalue weighted by atomic mass is 9.99. The number of ether oxygens (including phenoxy) is 1. The summed E-state index contributed by atoms with van der Waals surface area (Å²) in [5.41, 5.74) is 0.0399. The summed E-state index contributed by atoms with van der Waals surface area (Å²) in [7, 11) is 0. The summed E-state index contributed by atoms with van der Waals surface area (Å²) in [6, 6.07) is 1.84. The van der Waals surface area contributed by atoms with Crippen LogP contribution in [0.1, 0.15) is 47.5 Å². The maximum Gasteiger partial charge on any atom is 0.218 e. The van der Waals surface area contributed by atoms with Crippen LogP contribution in [0.4, 0.5) is 5.82 Å². The van der Waals surface area contributed by atoms with Crippen LogP contribution < -0.4 is 10.1 Å². The number of nitrogens with one attached hydrogen (secondary N) is 1. The minimum absolute atomic E-state index is 0.0399. The van der Waals surface area contributed by atoms with Crippen LogP contribution in [0.25, 0.3) is 0 Å². The maximum absolute atomic E-state index is 5.54. The van der Waals surface area contributed by atoms with E-state index in [1.54, 1.807) is 0 Å². The molecule has 1 N–H and O–H groups in total. The van der Waals surface area contributed by atoms with Crippen LogP contribution >= 0.6 is 0 Å². The standard InChI is InChI=1S/C13H23N3O/c1-6-7-13(4,5)16-11-8-12(15-9-14-11)17-10(2)3/h8-10H,6-7H2,1-5H3,(H,14,15,16). The average molecular weight is 237 g/mol. The maximum atomic E-state index is 5.54. The molecule has 1 rings (SSSR count). The van der Waals surface area contributed by atoms with Crippen molar-refractivity contribution >= 4 is 5.82 Å². The van der Waals surface area contributed by atoms with Gasteiger partial charge in [-0.15, -0.1) is 0 Å². The second-order valence-electron chi connectivity index (χ2n) is 5.17. The zero-order chi connectivity index (χ0) is 12.9. The van der Waals surface area contributed by atoms with Gasteiger partial charge in [0.2, 0.25) is 5.88 Å². The molecule has 17 heavy (non-hydrogen) atoms. The molecule has 4 nitrogen and oxygen atoms in total. The molecule has 0 saturated heterocycles. The third-order valence-corrected chi connectivity index (χ3v) is 2.34. The highest BCUT2D eigenvalue weighted by Crippen LogP contribution is 2.20. The molecule has 0 unspecified atom stereocenters. The van der Waals surface area contributed by atoms with Crippen molar-refractivity contribution in [3.63, 3.8) is 0 Å². The minimum atomic E-state index is 0.0399. The van der Waals surface area contributed by atoms with Crippen molar-refractivity contribution in [2.75, 3.05) is 5.32 Å². The Bertz CT molecular complexity index is 350. The molecule has 0 fully saturated rings. The largest absolute Gasteiger partial charge is 0.475 e. The monoisotopic (exact) mass is 237 g/mol. The van der Waals surface area contributed by atoms with Gasteiger partial charge >= 0.3 is 0 Å². The first-order valence-electron chi connectivity index (χ1n) is 6.20. The van der Waals surface area contributed by atoms with Crippen LogP contribution in [0.3, 0.4) is 0 Å². The van der Waals surface area contributed by atoms with Crippen molar-refractivity contribution in [2.45, 2.75) is 59.1 Å². The van der Waals surface area contributed by atoms with Gasteiger partial charge in [-0.25, -0.2) is 9.97 Å². The summed E-state index contributed by atoms with van der Waals surface area (Å²) in [6.07, 6.45) is 3.89. The van der Waals surface area contributed by atoms with Crippen LogP contribution in [0.15, 0.2) is 12.4 Å². The Morgan fingerprint density at radius 3 is 2.65 bits per heavy atom. The molecule has 0 spiro atoms. The van der Waals surface area contributed by atoms with E-state index in [-0.39, 0.29) is 11.6 Å². The lowest BCUT2D eigenvalue weighted by Gasteiger charge is -2.26. The van der Waals surface area contributed by atoms with Gasteiger partial charge in [-0.05, 0) is 34.1 Å². The number of hydrogen-bond acceptors (Lipinski definition) is 4. The zero-order valence-corrected chi connectivity index (χ0v) is 11.4. The predicted octanol–water partition coefficient (Wildman–Crippen LogP) is 3.25. The Morgan fingerprint density at radius 1 is 1.35 bits per heavy atom. The lowest BCUT2D eigenvalue weighted by Crippen LogP contribution is -2.30. The summed E-state index contributed by atoms with van der Waals surface area (Å²) in [5.74, 6) is 1.43. The first-order valence-corrected chi connectivity index (χ1v) is 6.20. The fourth-order valence-corrected chi connectivity index (χ4v) is 1.75. The molecule has 0 aliphatic heterocycles. The van der Waals surface area contributed by atoms with E-state index in [0.717, 1.165) is 18.7 Å². The highest BCUT2D eigenvalue weighted by molar-refractivity contribution is 5.39. The number of nitrogens with zero attached hydrogens (tertiary/aromatic N) is 2. The molecule has 96 valence electrons. The van der Waals surface area contributed by atoms with Crippen molar-refractivity contribution in [3.8, 4) is 5.88 Å². The van der Waals surface area contributed by atoms with Gasteiger partial charge in [-0.2, -0.15) is 0 Å². The van der Waals surface area contributed by atoms with Crippen molar-refractivity contribution < 1.29 is 4.74 Å². The van der Waals surface area contributed by atoms with Crippen molar-refractivity contribution in [3.05, 3.63) is 12.4 Å². The lowest BCUT2D eigenvalue weighted by molar-refractivity contribution is 0.232. The first-order chi connectivity index (χ1) is 7.93. The number of hydrogen-bond donors (Lipinski definition) is 1. The topological polar surface area (TPSA) is 47.0 Å². The average Bonchev–Trinajstić information content (AvgIpc) is 2.15. The van der Waals surface area contributed by atoms with Gasteiger partial charge < -0.3 is 10.1 Å². The SMILES string of the molecule is CCCC(C)(C)Nc1cc(OC(C)C)ncn1. The van der Waals surface area contributed by atoms with E-state index < -0.39 is 0 Å². The van der Waals surface area contributed by atoms with Gasteiger partial charge in [0.1, 0.15) is 12.1 Å². The Hall–Kier alpha value is -1.32. The molecule has 0 aliphatic rings. The molecule has 0 radical (unpaired) electrons. The molecule has 1 heterocycles. The van der Waals surface area contributed by atoms with Crippen molar-refractivity contribution in [2.24, 2.45) is 0 Å². The van der Waals surface area contributed by atoms with E-state index in [0.29, 0.717) is 5.88 Å². The molecule has 1 aromatic heterocycles. The summed E-state index contributed by atoms with van der Waals surface area (Å²) < 4.78 is 5.54. The first kappa shape index (κ1) is 13.7. The molecule has 0 atom stereocenters. The number of anilines is 1. The second-order valence-corrected chi connectivity index (χ2v) is 5.17. The third kappa shape index (κ3) is 5.02. The van der Waals surface area contributed by atoms with Crippen LogP contribution in [0.5, 0.6) is 5.88 Å². The molecular formula is C13H23N3O. The number of rotatable bonds is 6. The Kier molecular flexibility index (Phi) is 4.73. The molecular weight excluding hydrogens is 214 g/mol. The fraction of sp³-hybridized carbons (Fsp3) is 0.692. The van der Waals surface area contributed by atoms with Crippen LogP contribution in [-0.4, -0.2) is 21.6 Å². The minimum Gasteiger partial charge on any atom is -0.475 e. The Labute approximate surface area is 104 Å². The smallest absolute Gasteiger partial charge is 0.218 e. The summed E-state index contributed by atoms with van der Waals surface area (Å²) >= 11 is 0. The zero-order valence-electron chi connectivity index (χ0n) is 11.4. The normalized spacial score (nSPS) is 11.6. The van der Waals surface area contributed by atoms with E-state index in [4.69, 9.17) is 4.74 Å². The predicted molar refractivity (Wildman–Crippen MR) is 70.4 cm³/mol. The van der Waals surface area contributed by atoms with E-state index in [2.05, 4.69) is 36.1 Å². The molecule has 0 saturated carbocycles. The molecule has 1 aromatic rings. The van der Waals surface area contributed by atoms with E-state index in [1.165, 1.54) is 6.33 Å². The van der Waals surface area contributed by atoms with Gasteiger partial charge in [-0.3, -0.25) is 0 Å². The molecule has 0 aliphatic carbocycles. The third-order valence-electron chi connectivity index (χ3n) is 2.34. The van der Waals surface area contributed by atoms with Crippen LogP contribution in [0.2, 0.25) is 0 Å². The van der Waals surface area contributed by atoms with E-state index >= 15 is 0 Å². The molecule has 0 amide bonds. The number of aromatic nitrogens is 2. The van der Waals surface area contributed by atoms with Gasteiger partial charge in [0.05, 0.1) is 6.10 Å². The molecule has 0 bridgehead atoms. The highest BCUT2D eigenvalue weighted by Gasteiger charge is 2.16. The highest BCUT2D eigenvalue weighted by atomic mass is 16.5. The van der Waals surface area contributed by atoms with Crippen molar-refractivity contribution in [1.82, 2.24) is 9.97 Å². The summed E-state index contributed by atoms with van der Waals surface area (Å²) in [4.78, 5) is 8.29. The van der Waals surface area contributed by atoms with Gasteiger partial charge in [0.25, 0.3) is 0 Å². The van der Waals surface area contributed by atoms with Crippen LogP contribution in [0, 0.1) is 0 Å². The quantitative estimate of drug-likeness (QED) is 0.825. The van der Waals surface area contributed by atoms with Gasteiger partial charge in [-0.1, -0.05) is 13.3 Å². The second kappa shape index (κ2) is 5.84. The van der Waals surface area contributed by atoms with E-state index in [9.17, 15) is 0 Å². The summed E-state index contributed by atoms with van der Waals surface area (Å²) in [5, 5.41) is 3.40. The van der Waals surface area contributed by atoms with Crippen molar-refractivity contribution in [1.29, 1.82) is 0 Å². The van der Waals surface area contributed by atoms with Gasteiger partial charge in [0.15, 0.2) is 0 Å². The molecule has 4 heteroatoms.